The number of nitrogens with zero attached hydrogens (tertiary/aromatic N) is 6. The SMILES string of the molecule is CN(C(=O)[C@H]1CCCN(c2ncnc3c2nc2n3CCCCC2)C1)c1ccccc1Cl. The molecule has 1 aromatic carbocycles. The van der Waals surface area contributed by atoms with Crippen molar-refractivity contribution in [3.8, 4) is 0 Å². The number of hydrogen-bond acceptors (Lipinski definition) is 5. The third-order valence-electron chi connectivity index (χ3n) is 6.49. The first-order valence-electron chi connectivity index (χ1n) is 11.1. The standard InChI is InChI=1S/C23H27ClN6O/c1-28(18-10-5-4-9-17(18)24)23(31)16-8-7-12-29(14-16)21-20-22(26-15-25-21)30-13-6-2-3-11-19(30)27-20/h4-5,9-10,15-16H,2-3,6-8,11-14H2,1H3/t16-/m0/s1. The summed E-state index contributed by atoms with van der Waals surface area (Å²) in [4.78, 5) is 31.3. The Bertz CT molecular complexity index is 1110. The van der Waals surface area contributed by atoms with E-state index >= 15 is 0 Å². The molecule has 7 nitrogen and oxygen atoms in total. The molecule has 0 unspecified atom stereocenters. The van der Waals surface area contributed by atoms with Crippen LogP contribution in [0, 0.1) is 5.92 Å². The fourth-order valence-electron chi connectivity index (χ4n) is 4.84. The molecule has 8 heteroatoms. The third kappa shape index (κ3) is 3.76. The van der Waals surface area contributed by atoms with Crippen molar-refractivity contribution in [2.24, 2.45) is 5.92 Å². The van der Waals surface area contributed by atoms with E-state index in [-0.39, 0.29) is 11.8 Å². The fourth-order valence-corrected chi connectivity index (χ4v) is 5.11. The Labute approximate surface area is 187 Å². The van der Waals surface area contributed by atoms with Crippen LogP contribution in [0.4, 0.5) is 11.5 Å². The number of para-hydroxylation sites is 1. The average Bonchev–Trinajstić information content (AvgIpc) is 2.99. The van der Waals surface area contributed by atoms with Crippen molar-refractivity contribution >= 4 is 40.2 Å². The molecule has 4 heterocycles. The largest absolute Gasteiger partial charge is 0.354 e. The van der Waals surface area contributed by atoms with Gasteiger partial charge < -0.3 is 14.4 Å². The second kappa shape index (κ2) is 8.46. The van der Waals surface area contributed by atoms with E-state index in [9.17, 15) is 4.79 Å². The van der Waals surface area contributed by atoms with E-state index in [2.05, 4.69) is 19.4 Å². The molecule has 1 fully saturated rings. The molecule has 0 radical (unpaired) electrons. The number of aromatic nitrogens is 4. The summed E-state index contributed by atoms with van der Waals surface area (Å²) in [5, 5.41) is 0.586. The molecule has 0 N–H and O–H groups in total. The van der Waals surface area contributed by atoms with E-state index in [0.29, 0.717) is 11.6 Å². The monoisotopic (exact) mass is 438 g/mol. The highest BCUT2D eigenvalue weighted by Gasteiger charge is 2.31. The summed E-state index contributed by atoms with van der Waals surface area (Å²) in [5.41, 5.74) is 2.53. The number of hydrogen-bond donors (Lipinski definition) is 0. The molecule has 0 spiro atoms. The van der Waals surface area contributed by atoms with Gasteiger partial charge in [0.2, 0.25) is 5.91 Å². The van der Waals surface area contributed by atoms with Gasteiger partial charge in [0.25, 0.3) is 0 Å². The van der Waals surface area contributed by atoms with Gasteiger partial charge in [-0.15, -0.1) is 0 Å². The number of rotatable bonds is 3. The fraction of sp³-hybridized carbons (Fsp3) is 0.478. The minimum absolute atomic E-state index is 0.0868. The molecule has 1 amide bonds. The zero-order chi connectivity index (χ0) is 21.4. The van der Waals surface area contributed by atoms with Gasteiger partial charge in [0.1, 0.15) is 12.2 Å². The first-order valence-corrected chi connectivity index (χ1v) is 11.5. The highest BCUT2D eigenvalue weighted by Crippen LogP contribution is 2.31. The zero-order valence-electron chi connectivity index (χ0n) is 17.8. The summed E-state index contributed by atoms with van der Waals surface area (Å²) in [6.07, 6.45) is 7.98. The minimum atomic E-state index is -0.111. The second-order valence-corrected chi connectivity index (χ2v) is 8.90. The third-order valence-corrected chi connectivity index (χ3v) is 6.81. The van der Waals surface area contributed by atoms with Crippen LogP contribution in [0.15, 0.2) is 30.6 Å². The Hall–Kier alpha value is -2.67. The van der Waals surface area contributed by atoms with E-state index in [1.165, 1.54) is 12.8 Å². The number of carbonyl (C=O) groups is 1. The number of benzene rings is 1. The van der Waals surface area contributed by atoms with Gasteiger partial charge >= 0.3 is 0 Å². The van der Waals surface area contributed by atoms with Crippen molar-refractivity contribution in [3.05, 3.63) is 41.4 Å². The van der Waals surface area contributed by atoms with Crippen LogP contribution in [0.2, 0.25) is 5.02 Å². The Morgan fingerprint density at radius 1 is 1.13 bits per heavy atom. The lowest BCUT2D eigenvalue weighted by molar-refractivity contribution is -0.122. The van der Waals surface area contributed by atoms with Gasteiger partial charge in [-0.1, -0.05) is 30.2 Å². The molecule has 31 heavy (non-hydrogen) atoms. The number of piperidine rings is 1. The molecule has 1 saturated heterocycles. The Balaban J connectivity index is 1.41. The molecular formula is C23H27ClN6O. The first-order chi connectivity index (χ1) is 15.1. The van der Waals surface area contributed by atoms with Crippen molar-refractivity contribution in [1.82, 2.24) is 19.5 Å². The minimum Gasteiger partial charge on any atom is -0.354 e. The van der Waals surface area contributed by atoms with E-state index in [1.807, 2.05) is 24.3 Å². The number of anilines is 2. The molecule has 162 valence electrons. The Morgan fingerprint density at radius 2 is 2.00 bits per heavy atom. The van der Waals surface area contributed by atoms with Crippen LogP contribution in [0.25, 0.3) is 11.2 Å². The van der Waals surface area contributed by atoms with Gasteiger partial charge in [0.15, 0.2) is 17.0 Å². The van der Waals surface area contributed by atoms with E-state index in [1.54, 1.807) is 18.3 Å². The second-order valence-electron chi connectivity index (χ2n) is 8.49. The molecule has 3 aromatic rings. The van der Waals surface area contributed by atoms with Crippen LogP contribution in [0.1, 0.15) is 37.9 Å². The van der Waals surface area contributed by atoms with Gasteiger partial charge in [-0.05, 0) is 37.8 Å². The average molecular weight is 439 g/mol. The molecule has 0 aliphatic carbocycles. The number of amides is 1. The number of halogens is 1. The molecule has 2 aliphatic rings. The number of fused-ring (bicyclic) bond motifs is 3. The molecule has 5 rings (SSSR count). The molecule has 0 bridgehead atoms. The quantitative estimate of drug-likeness (QED) is 0.616. The summed E-state index contributed by atoms with van der Waals surface area (Å²) in [6, 6.07) is 7.47. The van der Waals surface area contributed by atoms with Gasteiger partial charge in [0.05, 0.1) is 16.6 Å². The van der Waals surface area contributed by atoms with Crippen molar-refractivity contribution < 1.29 is 4.79 Å². The summed E-state index contributed by atoms with van der Waals surface area (Å²) < 4.78 is 2.26. The maximum Gasteiger partial charge on any atom is 0.231 e. The molecule has 2 aliphatic heterocycles. The highest BCUT2D eigenvalue weighted by molar-refractivity contribution is 6.33. The topological polar surface area (TPSA) is 67.2 Å². The van der Waals surface area contributed by atoms with E-state index in [0.717, 1.165) is 67.3 Å². The lowest BCUT2D eigenvalue weighted by Crippen LogP contribution is -2.44. The van der Waals surface area contributed by atoms with Gasteiger partial charge in [-0.3, -0.25) is 4.79 Å². The van der Waals surface area contributed by atoms with E-state index < -0.39 is 0 Å². The molecule has 2 aromatic heterocycles. The maximum atomic E-state index is 13.3. The number of imidazole rings is 1. The van der Waals surface area contributed by atoms with Crippen molar-refractivity contribution in [1.29, 1.82) is 0 Å². The first kappa shape index (κ1) is 20.2. The van der Waals surface area contributed by atoms with Crippen LogP contribution < -0.4 is 9.80 Å². The highest BCUT2D eigenvalue weighted by atomic mass is 35.5. The van der Waals surface area contributed by atoms with Crippen molar-refractivity contribution in [2.45, 2.75) is 45.1 Å². The van der Waals surface area contributed by atoms with Gasteiger partial charge in [-0.25, -0.2) is 15.0 Å². The van der Waals surface area contributed by atoms with Crippen LogP contribution >= 0.6 is 11.6 Å². The Kier molecular flexibility index (Phi) is 5.52. The molecule has 0 saturated carbocycles. The lowest BCUT2D eigenvalue weighted by Gasteiger charge is -2.34. The Morgan fingerprint density at radius 3 is 2.87 bits per heavy atom. The predicted molar refractivity (Wildman–Crippen MR) is 123 cm³/mol. The number of carbonyl (C=O) groups excluding carboxylic acids is 1. The zero-order valence-corrected chi connectivity index (χ0v) is 18.6. The predicted octanol–water partition coefficient (Wildman–Crippen LogP) is 4.09. The smallest absolute Gasteiger partial charge is 0.231 e. The van der Waals surface area contributed by atoms with Crippen molar-refractivity contribution in [3.63, 3.8) is 0 Å². The van der Waals surface area contributed by atoms with E-state index in [4.69, 9.17) is 16.6 Å². The normalized spacial score (nSPS) is 19.2. The van der Waals surface area contributed by atoms with Crippen LogP contribution in [-0.2, 0) is 17.8 Å². The van der Waals surface area contributed by atoms with Crippen LogP contribution in [-0.4, -0.2) is 45.6 Å². The summed E-state index contributed by atoms with van der Waals surface area (Å²) in [6.45, 7) is 2.46. The van der Waals surface area contributed by atoms with Crippen LogP contribution in [0.5, 0.6) is 0 Å². The van der Waals surface area contributed by atoms with Crippen LogP contribution in [0.3, 0.4) is 0 Å². The molecule has 1 atom stereocenters. The summed E-state index contributed by atoms with van der Waals surface area (Å²) >= 11 is 6.32. The maximum absolute atomic E-state index is 13.3. The summed E-state index contributed by atoms with van der Waals surface area (Å²) in [5.74, 6) is 1.94. The number of aryl methyl sites for hydroxylation is 2. The van der Waals surface area contributed by atoms with Gasteiger partial charge in [0, 0.05) is 33.1 Å². The lowest BCUT2D eigenvalue weighted by atomic mass is 9.96. The van der Waals surface area contributed by atoms with Gasteiger partial charge in [-0.2, -0.15) is 0 Å². The molecular weight excluding hydrogens is 412 g/mol. The summed E-state index contributed by atoms with van der Waals surface area (Å²) in [7, 11) is 1.80. The van der Waals surface area contributed by atoms with Crippen molar-refractivity contribution in [2.75, 3.05) is 29.9 Å².